The van der Waals surface area contributed by atoms with Gasteiger partial charge in [0.05, 0.1) is 14.2 Å². The first-order valence-electron chi connectivity index (χ1n) is 7.84. The minimum absolute atomic E-state index is 0.233. The smallest absolute Gasteiger partial charge is 0.348 e. The number of benzene rings is 2. The number of esters is 1. The number of hydrogen-bond donors (Lipinski definition) is 1. The number of thiophene rings is 1. The van der Waals surface area contributed by atoms with Crippen LogP contribution in [0, 0.1) is 0 Å². The zero-order chi connectivity index (χ0) is 18.5. The van der Waals surface area contributed by atoms with Gasteiger partial charge in [-0.25, -0.2) is 4.79 Å². The monoisotopic (exact) mass is 367 g/mol. The first kappa shape index (κ1) is 17.7. The lowest BCUT2D eigenvalue weighted by atomic mass is 10.2. The minimum atomic E-state index is -0.362. The third-order valence-corrected chi connectivity index (χ3v) is 4.81. The molecular formula is C20H17NO4S. The molecule has 132 valence electrons. The molecule has 0 fully saturated rings. The van der Waals surface area contributed by atoms with Gasteiger partial charge in [-0.15, -0.1) is 11.3 Å². The van der Waals surface area contributed by atoms with Crippen LogP contribution in [0.5, 0.6) is 5.75 Å². The predicted molar refractivity (Wildman–Crippen MR) is 104 cm³/mol. The van der Waals surface area contributed by atoms with Crippen molar-refractivity contribution in [2.45, 2.75) is 0 Å². The van der Waals surface area contributed by atoms with E-state index in [1.165, 1.54) is 24.5 Å². The number of methoxy groups -OCH3 is 2. The van der Waals surface area contributed by atoms with Gasteiger partial charge in [0.2, 0.25) is 5.91 Å². The number of anilines is 1. The molecule has 1 N–H and O–H groups in total. The summed E-state index contributed by atoms with van der Waals surface area (Å²) in [6.07, 6.45) is 3.20. The van der Waals surface area contributed by atoms with Gasteiger partial charge in [0.1, 0.15) is 10.6 Å². The highest BCUT2D eigenvalue weighted by Gasteiger charge is 2.10. The van der Waals surface area contributed by atoms with Crippen LogP contribution in [0.2, 0.25) is 0 Å². The minimum Gasteiger partial charge on any atom is -0.497 e. The SMILES string of the molecule is COC(=O)c1cc2cc(NC(=O)/C=C/c3ccc(OC)cc3)ccc2s1. The van der Waals surface area contributed by atoms with E-state index in [1.54, 1.807) is 25.3 Å². The summed E-state index contributed by atoms with van der Waals surface area (Å²) in [6.45, 7) is 0. The van der Waals surface area contributed by atoms with Crippen molar-refractivity contribution >= 4 is 45.1 Å². The van der Waals surface area contributed by atoms with Gasteiger partial charge in [0, 0.05) is 16.5 Å². The molecule has 5 nitrogen and oxygen atoms in total. The van der Waals surface area contributed by atoms with E-state index in [0.717, 1.165) is 21.4 Å². The van der Waals surface area contributed by atoms with E-state index in [0.29, 0.717) is 10.6 Å². The quantitative estimate of drug-likeness (QED) is 0.538. The molecule has 0 aliphatic carbocycles. The number of fused-ring (bicyclic) bond motifs is 1. The maximum atomic E-state index is 12.1. The van der Waals surface area contributed by atoms with Gasteiger partial charge in [0.25, 0.3) is 0 Å². The molecule has 26 heavy (non-hydrogen) atoms. The number of rotatable bonds is 5. The molecule has 0 unspecified atom stereocenters. The molecule has 1 aromatic heterocycles. The normalized spacial score (nSPS) is 10.8. The van der Waals surface area contributed by atoms with E-state index in [2.05, 4.69) is 5.32 Å². The van der Waals surface area contributed by atoms with Crippen LogP contribution in [0.25, 0.3) is 16.2 Å². The van der Waals surface area contributed by atoms with Crippen LogP contribution in [-0.4, -0.2) is 26.1 Å². The predicted octanol–water partition coefficient (Wildman–Crippen LogP) is 4.35. The summed E-state index contributed by atoms with van der Waals surface area (Å²) < 4.78 is 10.8. The third-order valence-electron chi connectivity index (χ3n) is 3.71. The maximum Gasteiger partial charge on any atom is 0.348 e. The molecule has 0 aliphatic heterocycles. The lowest BCUT2D eigenvalue weighted by Crippen LogP contribution is -2.07. The van der Waals surface area contributed by atoms with E-state index in [9.17, 15) is 9.59 Å². The van der Waals surface area contributed by atoms with Crippen molar-refractivity contribution in [2.24, 2.45) is 0 Å². The van der Waals surface area contributed by atoms with E-state index in [1.807, 2.05) is 36.4 Å². The Bertz CT molecular complexity index is 973. The lowest BCUT2D eigenvalue weighted by molar-refractivity contribution is -0.111. The van der Waals surface area contributed by atoms with E-state index >= 15 is 0 Å². The van der Waals surface area contributed by atoms with E-state index in [4.69, 9.17) is 9.47 Å². The van der Waals surface area contributed by atoms with Crippen LogP contribution in [-0.2, 0) is 9.53 Å². The molecule has 0 saturated heterocycles. The van der Waals surface area contributed by atoms with Crippen molar-refractivity contribution in [1.82, 2.24) is 0 Å². The van der Waals surface area contributed by atoms with Crippen molar-refractivity contribution in [3.63, 3.8) is 0 Å². The van der Waals surface area contributed by atoms with Gasteiger partial charge in [-0.1, -0.05) is 12.1 Å². The summed E-state index contributed by atoms with van der Waals surface area (Å²) in [4.78, 5) is 24.3. The second kappa shape index (κ2) is 7.84. The second-order valence-electron chi connectivity index (χ2n) is 5.45. The van der Waals surface area contributed by atoms with Gasteiger partial charge in [0.15, 0.2) is 0 Å². The van der Waals surface area contributed by atoms with Crippen LogP contribution in [0.4, 0.5) is 5.69 Å². The van der Waals surface area contributed by atoms with Crippen LogP contribution in [0.3, 0.4) is 0 Å². The van der Waals surface area contributed by atoms with Gasteiger partial charge in [-0.3, -0.25) is 4.79 Å². The van der Waals surface area contributed by atoms with Gasteiger partial charge < -0.3 is 14.8 Å². The Morgan fingerprint density at radius 1 is 1.04 bits per heavy atom. The first-order chi connectivity index (χ1) is 12.6. The van der Waals surface area contributed by atoms with Crippen molar-refractivity contribution in [3.8, 4) is 5.75 Å². The Hall–Kier alpha value is -3.12. The van der Waals surface area contributed by atoms with Crippen molar-refractivity contribution in [1.29, 1.82) is 0 Å². The van der Waals surface area contributed by atoms with E-state index < -0.39 is 0 Å². The number of hydrogen-bond acceptors (Lipinski definition) is 5. The fraction of sp³-hybridized carbons (Fsp3) is 0.100. The Morgan fingerprint density at radius 3 is 2.50 bits per heavy atom. The highest BCUT2D eigenvalue weighted by atomic mass is 32.1. The summed E-state index contributed by atoms with van der Waals surface area (Å²) >= 11 is 1.36. The van der Waals surface area contributed by atoms with Crippen molar-refractivity contribution in [2.75, 3.05) is 19.5 Å². The molecule has 3 rings (SSSR count). The summed E-state index contributed by atoms with van der Waals surface area (Å²) in [5, 5.41) is 3.70. The van der Waals surface area contributed by atoms with Crippen LogP contribution in [0.1, 0.15) is 15.2 Å². The van der Waals surface area contributed by atoms with Gasteiger partial charge >= 0.3 is 5.97 Å². The first-order valence-corrected chi connectivity index (χ1v) is 8.66. The Labute approximate surface area is 154 Å². The number of carbonyl (C=O) groups is 2. The molecule has 1 heterocycles. The number of ether oxygens (including phenoxy) is 2. The molecule has 1 amide bonds. The summed E-state index contributed by atoms with van der Waals surface area (Å²) in [5.74, 6) is 0.171. The molecule has 6 heteroatoms. The van der Waals surface area contributed by atoms with Crippen molar-refractivity contribution in [3.05, 3.63) is 65.0 Å². The standard InChI is InChI=1S/C20H17NO4S/c1-24-16-7-3-13(4-8-16)5-10-19(22)21-15-6-9-17-14(11-15)12-18(26-17)20(23)25-2/h3-12H,1-2H3,(H,21,22)/b10-5+. The molecule has 0 aliphatic rings. The third kappa shape index (κ3) is 4.10. The molecule has 2 aromatic carbocycles. The second-order valence-corrected chi connectivity index (χ2v) is 6.53. The molecule has 3 aromatic rings. The zero-order valence-corrected chi connectivity index (χ0v) is 15.1. The Balaban J connectivity index is 1.70. The number of amides is 1. The van der Waals surface area contributed by atoms with Crippen LogP contribution >= 0.6 is 11.3 Å². The average molecular weight is 367 g/mol. The fourth-order valence-electron chi connectivity index (χ4n) is 2.39. The highest BCUT2D eigenvalue weighted by Crippen LogP contribution is 2.28. The fourth-order valence-corrected chi connectivity index (χ4v) is 3.35. The summed E-state index contributed by atoms with van der Waals surface area (Å²) in [5.41, 5.74) is 1.56. The molecule has 0 spiro atoms. The summed E-state index contributed by atoms with van der Waals surface area (Å²) in [6, 6.07) is 14.7. The lowest BCUT2D eigenvalue weighted by Gasteiger charge is -2.02. The molecule has 0 bridgehead atoms. The summed E-state index contributed by atoms with van der Waals surface area (Å²) in [7, 11) is 2.96. The Kier molecular flexibility index (Phi) is 5.34. The Morgan fingerprint density at radius 2 is 1.81 bits per heavy atom. The zero-order valence-electron chi connectivity index (χ0n) is 14.3. The number of nitrogens with one attached hydrogen (secondary N) is 1. The molecule has 0 atom stereocenters. The molecular weight excluding hydrogens is 350 g/mol. The largest absolute Gasteiger partial charge is 0.497 e. The topological polar surface area (TPSA) is 64.6 Å². The highest BCUT2D eigenvalue weighted by molar-refractivity contribution is 7.20. The van der Waals surface area contributed by atoms with E-state index in [-0.39, 0.29) is 11.9 Å². The molecule has 0 saturated carbocycles. The van der Waals surface area contributed by atoms with Crippen LogP contribution in [0.15, 0.2) is 54.6 Å². The van der Waals surface area contributed by atoms with Gasteiger partial charge in [-0.05, 0) is 53.4 Å². The molecule has 0 radical (unpaired) electrons. The van der Waals surface area contributed by atoms with Crippen LogP contribution < -0.4 is 10.1 Å². The maximum absolute atomic E-state index is 12.1. The average Bonchev–Trinajstić information content (AvgIpc) is 3.09. The number of carbonyl (C=O) groups excluding carboxylic acids is 2. The van der Waals surface area contributed by atoms with Gasteiger partial charge in [-0.2, -0.15) is 0 Å². The van der Waals surface area contributed by atoms with Crippen molar-refractivity contribution < 1.29 is 19.1 Å².